The van der Waals surface area contributed by atoms with E-state index in [1.807, 2.05) is 0 Å². The van der Waals surface area contributed by atoms with Gasteiger partial charge >= 0.3 is 5.97 Å². The first-order valence-corrected chi connectivity index (χ1v) is 3.54. The molecule has 1 aromatic carbocycles. The smallest absolute Gasteiger partial charge is 0.337 e. The van der Waals surface area contributed by atoms with Gasteiger partial charge in [-0.1, -0.05) is 0 Å². The Kier molecular flexibility index (Phi) is 2.20. The fraction of sp³-hybridized carbons (Fsp3) is 0.111. The molecule has 0 heterocycles. The number of phenols is 1. The highest BCUT2D eigenvalue weighted by Crippen LogP contribution is 2.22. The molecular formula is C9H7NO3. The fourth-order valence-electron chi connectivity index (χ4n) is 1.02. The van der Waals surface area contributed by atoms with Crippen LogP contribution in [0, 0.1) is 18.3 Å². The molecule has 2 N–H and O–H groups in total. The van der Waals surface area contributed by atoms with Crippen LogP contribution in [0.5, 0.6) is 5.75 Å². The van der Waals surface area contributed by atoms with E-state index < -0.39 is 5.97 Å². The van der Waals surface area contributed by atoms with E-state index in [4.69, 9.17) is 10.4 Å². The predicted molar refractivity (Wildman–Crippen MR) is 44.5 cm³/mol. The summed E-state index contributed by atoms with van der Waals surface area (Å²) in [7, 11) is 0. The highest BCUT2D eigenvalue weighted by Gasteiger charge is 2.13. The lowest BCUT2D eigenvalue weighted by atomic mass is 10.0. The van der Waals surface area contributed by atoms with Gasteiger partial charge in [0.25, 0.3) is 0 Å². The molecule has 0 aliphatic rings. The van der Waals surface area contributed by atoms with E-state index in [1.165, 1.54) is 19.1 Å². The third-order valence-electron chi connectivity index (χ3n) is 1.78. The Morgan fingerprint density at radius 1 is 1.54 bits per heavy atom. The van der Waals surface area contributed by atoms with Crippen molar-refractivity contribution in [2.24, 2.45) is 0 Å². The highest BCUT2D eigenvalue weighted by atomic mass is 16.4. The molecule has 1 aromatic rings. The predicted octanol–water partition coefficient (Wildman–Crippen LogP) is 1.27. The molecular weight excluding hydrogens is 170 g/mol. The van der Waals surface area contributed by atoms with Crippen molar-refractivity contribution in [2.75, 3.05) is 0 Å². The number of carboxylic acid groups (broad SMARTS) is 1. The number of nitrogens with zero attached hydrogens (tertiary/aromatic N) is 1. The van der Waals surface area contributed by atoms with E-state index in [9.17, 15) is 9.90 Å². The van der Waals surface area contributed by atoms with Crippen LogP contribution in [0.4, 0.5) is 0 Å². The van der Waals surface area contributed by atoms with Crippen LogP contribution < -0.4 is 0 Å². The van der Waals surface area contributed by atoms with Crippen LogP contribution in [0.2, 0.25) is 0 Å². The third-order valence-corrected chi connectivity index (χ3v) is 1.78. The van der Waals surface area contributed by atoms with Crippen LogP contribution in [0.1, 0.15) is 21.5 Å². The van der Waals surface area contributed by atoms with E-state index in [2.05, 4.69) is 0 Å². The first kappa shape index (κ1) is 9.07. The average molecular weight is 177 g/mol. The van der Waals surface area contributed by atoms with Crippen molar-refractivity contribution >= 4 is 5.97 Å². The molecule has 0 saturated carbocycles. The topological polar surface area (TPSA) is 81.3 Å². The van der Waals surface area contributed by atoms with Gasteiger partial charge in [0.1, 0.15) is 11.8 Å². The molecule has 66 valence electrons. The molecule has 0 radical (unpaired) electrons. The van der Waals surface area contributed by atoms with Crippen LogP contribution in [-0.2, 0) is 0 Å². The van der Waals surface area contributed by atoms with Gasteiger partial charge in [0.2, 0.25) is 0 Å². The number of hydrogen-bond donors (Lipinski definition) is 2. The van der Waals surface area contributed by atoms with Gasteiger partial charge in [0.05, 0.1) is 11.1 Å². The van der Waals surface area contributed by atoms with Crippen molar-refractivity contribution in [1.82, 2.24) is 0 Å². The molecule has 4 heteroatoms. The molecule has 0 amide bonds. The molecule has 1 rings (SSSR count). The summed E-state index contributed by atoms with van der Waals surface area (Å²) in [5, 5.41) is 26.5. The number of carbonyl (C=O) groups is 1. The van der Waals surface area contributed by atoms with Gasteiger partial charge in [-0.2, -0.15) is 5.26 Å². The maximum absolute atomic E-state index is 10.6. The van der Waals surface area contributed by atoms with Gasteiger partial charge < -0.3 is 10.2 Å². The summed E-state index contributed by atoms with van der Waals surface area (Å²) in [4.78, 5) is 10.6. The van der Waals surface area contributed by atoms with Crippen molar-refractivity contribution in [1.29, 1.82) is 5.26 Å². The van der Waals surface area contributed by atoms with E-state index >= 15 is 0 Å². The van der Waals surface area contributed by atoms with Gasteiger partial charge in [-0.15, -0.1) is 0 Å². The summed E-state index contributed by atoms with van der Waals surface area (Å²) < 4.78 is 0. The van der Waals surface area contributed by atoms with Crippen LogP contribution >= 0.6 is 0 Å². The normalized spacial score (nSPS) is 9.23. The van der Waals surface area contributed by atoms with E-state index in [0.29, 0.717) is 5.56 Å². The molecule has 0 spiro atoms. The maximum atomic E-state index is 10.6. The Labute approximate surface area is 74.7 Å². The second-order valence-electron chi connectivity index (χ2n) is 2.55. The molecule has 0 aliphatic carbocycles. The standard InChI is InChI=1S/C9H7NO3/c1-5-7(4-10)6(9(12)13)2-3-8(5)11/h2-3,11H,1H3,(H,12,13). The van der Waals surface area contributed by atoms with Crippen molar-refractivity contribution in [3.05, 3.63) is 28.8 Å². The zero-order valence-electron chi connectivity index (χ0n) is 6.90. The Balaban J connectivity index is 3.50. The van der Waals surface area contributed by atoms with Crippen LogP contribution in [0.25, 0.3) is 0 Å². The molecule has 0 unspecified atom stereocenters. The summed E-state index contributed by atoms with van der Waals surface area (Å²) in [5.74, 6) is -1.23. The molecule has 0 aliphatic heterocycles. The zero-order valence-corrected chi connectivity index (χ0v) is 6.90. The minimum absolute atomic E-state index is 0.00694. The zero-order chi connectivity index (χ0) is 10.0. The number of phenolic OH excluding ortho intramolecular Hbond substituents is 1. The number of hydrogen-bond acceptors (Lipinski definition) is 3. The lowest BCUT2D eigenvalue weighted by Crippen LogP contribution is -2.01. The summed E-state index contributed by atoms with van der Waals surface area (Å²) in [6.45, 7) is 1.50. The quantitative estimate of drug-likeness (QED) is 0.676. The molecule has 0 fully saturated rings. The second kappa shape index (κ2) is 3.15. The van der Waals surface area contributed by atoms with Crippen molar-refractivity contribution in [3.63, 3.8) is 0 Å². The molecule has 13 heavy (non-hydrogen) atoms. The number of carboxylic acids is 1. The monoisotopic (exact) mass is 177 g/mol. The lowest BCUT2D eigenvalue weighted by molar-refractivity contribution is 0.0696. The molecule has 0 aromatic heterocycles. The van der Waals surface area contributed by atoms with Crippen LogP contribution in [-0.4, -0.2) is 16.2 Å². The highest BCUT2D eigenvalue weighted by molar-refractivity contribution is 5.91. The SMILES string of the molecule is Cc1c(O)ccc(C(=O)O)c1C#N. The Morgan fingerprint density at radius 2 is 2.15 bits per heavy atom. The molecule has 0 saturated heterocycles. The number of aromatic carboxylic acids is 1. The summed E-state index contributed by atoms with van der Waals surface area (Å²) in [5.41, 5.74) is 0.215. The minimum atomic E-state index is -1.17. The summed E-state index contributed by atoms with van der Waals surface area (Å²) in [6, 6.07) is 4.22. The number of nitriles is 1. The summed E-state index contributed by atoms with van der Waals surface area (Å²) >= 11 is 0. The van der Waals surface area contributed by atoms with Crippen molar-refractivity contribution in [3.8, 4) is 11.8 Å². The van der Waals surface area contributed by atoms with Gasteiger partial charge in [-0.05, 0) is 19.1 Å². The van der Waals surface area contributed by atoms with Crippen molar-refractivity contribution in [2.45, 2.75) is 6.92 Å². The maximum Gasteiger partial charge on any atom is 0.337 e. The van der Waals surface area contributed by atoms with Gasteiger partial charge in [0, 0.05) is 5.56 Å². The lowest BCUT2D eigenvalue weighted by Gasteiger charge is -2.03. The summed E-state index contributed by atoms with van der Waals surface area (Å²) in [6.07, 6.45) is 0. The van der Waals surface area contributed by atoms with Crippen LogP contribution in [0.3, 0.4) is 0 Å². The third kappa shape index (κ3) is 1.44. The number of benzene rings is 1. The number of aromatic hydroxyl groups is 1. The molecule has 4 nitrogen and oxygen atoms in total. The van der Waals surface area contributed by atoms with Gasteiger partial charge in [0.15, 0.2) is 0 Å². The molecule has 0 bridgehead atoms. The first-order chi connectivity index (χ1) is 6.07. The molecule has 0 atom stereocenters. The van der Waals surface area contributed by atoms with Crippen LogP contribution in [0.15, 0.2) is 12.1 Å². The second-order valence-corrected chi connectivity index (χ2v) is 2.55. The largest absolute Gasteiger partial charge is 0.508 e. The van der Waals surface area contributed by atoms with E-state index in [-0.39, 0.29) is 16.9 Å². The number of rotatable bonds is 1. The Hall–Kier alpha value is -2.02. The average Bonchev–Trinajstić information content (AvgIpc) is 2.09. The van der Waals surface area contributed by atoms with Gasteiger partial charge in [-0.3, -0.25) is 0 Å². The Morgan fingerprint density at radius 3 is 2.62 bits per heavy atom. The minimum Gasteiger partial charge on any atom is -0.508 e. The fourth-order valence-corrected chi connectivity index (χ4v) is 1.02. The first-order valence-electron chi connectivity index (χ1n) is 3.54. The van der Waals surface area contributed by atoms with E-state index in [1.54, 1.807) is 6.07 Å². The van der Waals surface area contributed by atoms with Crippen molar-refractivity contribution < 1.29 is 15.0 Å². The van der Waals surface area contributed by atoms with Gasteiger partial charge in [-0.25, -0.2) is 4.79 Å². The Bertz CT molecular complexity index is 404. The van der Waals surface area contributed by atoms with E-state index in [0.717, 1.165) is 0 Å².